The molecular formula is C29H36F3N3O3S. The number of alkyl carbamates (subject to hydrolysis) is 1. The number of nitrogens with one attached hydrogen (secondary N) is 1. The van der Waals surface area contributed by atoms with Crippen molar-refractivity contribution >= 4 is 29.4 Å². The van der Waals surface area contributed by atoms with E-state index in [0.29, 0.717) is 36.9 Å². The molecule has 0 spiro atoms. The molecule has 2 aliphatic rings. The Labute approximate surface area is 232 Å². The number of benzene rings is 2. The lowest BCUT2D eigenvalue weighted by atomic mass is 9.87. The average molecular weight is 564 g/mol. The molecule has 2 aromatic rings. The second kappa shape index (κ2) is 11.7. The van der Waals surface area contributed by atoms with E-state index < -0.39 is 36.2 Å². The van der Waals surface area contributed by atoms with Crippen molar-refractivity contribution in [2.45, 2.75) is 87.0 Å². The number of alkyl halides is 3. The quantitative estimate of drug-likeness (QED) is 0.396. The lowest BCUT2D eigenvalue weighted by Gasteiger charge is -2.37. The van der Waals surface area contributed by atoms with E-state index in [1.165, 1.54) is 11.8 Å². The van der Waals surface area contributed by atoms with E-state index in [1.807, 2.05) is 54.3 Å². The van der Waals surface area contributed by atoms with Gasteiger partial charge in [-0.15, -0.1) is 0 Å². The van der Waals surface area contributed by atoms with Crippen LogP contribution in [-0.4, -0.2) is 54.5 Å². The highest BCUT2D eigenvalue weighted by molar-refractivity contribution is 7.99. The number of halogens is 3. The van der Waals surface area contributed by atoms with E-state index in [2.05, 4.69) is 5.32 Å². The number of hydrogen-bond donors (Lipinski definition) is 1. The maximum absolute atomic E-state index is 14.1. The van der Waals surface area contributed by atoms with E-state index in [0.717, 1.165) is 26.8 Å². The standard InChI is InChI=1S/C29H36F3N3O3S/c1-5-6-16-34(18-29(30,31)32)26(36)24-19-11-7-8-13-21(19)39-22-14-9-12-20(25(22)24)35-17-10-15-23(35)33-27(37)38-28(2,3)4/h7-9,11-14,23-24H,5-6,10,15-18H2,1-4H3,(H,33,37). The molecule has 1 fully saturated rings. The van der Waals surface area contributed by atoms with E-state index >= 15 is 0 Å². The van der Waals surface area contributed by atoms with Crippen molar-refractivity contribution in [3.8, 4) is 0 Å². The Balaban J connectivity index is 1.76. The minimum absolute atomic E-state index is 0.0324. The molecule has 0 radical (unpaired) electrons. The number of fused-ring (bicyclic) bond motifs is 2. The fraction of sp³-hybridized carbons (Fsp3) is 0.517. The van der Waals surface area contributed by atoms with Crippen LogP contribution in [0.15, 0.2) is 52.3 Å². The van der Waals surface area contributed by atoms with E-state index in [4.69, 9.17) is 4.74 Å². The molecule has 6 nitrogen and oxygen atoms in total. The van der Waals surface area contributed by atoms with Crippen molar-refractivity contribution in [2.75, 3.05) is 24.5 Å². The van der Waals surface area contributed by atoms with Crippen molar-refractivity contribution in [1.82, 2.24) is 10.2 Å². The van der Waals surface area contributed by atoms with Crippen LogP contribution in [0.4, 0.5) is 23.7 Å². The fourth-order valence-electron chi connectivity index (χ4n) is 5.17. The molecule has 0 aromatic heterocycles. The van der Waals surface area contributed by atoms with Gasteiger partial charge in [-0.2, -0.15) is 13.2 Å². The summed E-state index contributed by atoms with van der Waals surface area (Å²) < 4.78 is 46.3. The Morgan fingerprint density at radius 2 is 1.82 bits per heavy atom. The number of rotatable bonds is 7. The zero-order valence-electron chi connectivity index (χ0n) is 22.8. The predicted molar refractivity (Wildman–Crippen MR) is 146 cm³/mol. The third-order valence-electron chi connectivity index (χ3n) is 6.74. The van der Waals surface area contributed by atoms with Gasteiger partial charge < -0.3 is 19.9 Å². The largest absolute Gasteiger partial charge is 0.444 e. The first-order valence-corrected chi connectivity index (χ1v) is 14.2. The van der Waals surface area contributed by atoms with Gasteiger partial charge >= 0.3 is 12.3 Å². The van der Waals surface area contributed by atoms with Crippen LogP contribution in [0.25, 0.3) is 0 Å². The molecule has 2 aromatic carbocycles. The summed E-state index contributed by atoms with van der Waals surface area (Å²) in [5.74, 6) is -1.45. The number of nitrogens with zero attached hydrogens (tertiary/aromatic N) is 2. The monoisotopic (exact) mass is 563 g/mol. The summed E-state index contributed by atoms with van der Waals surface area (Å²) in [6.07, 6.45) is -2.76. The highest BCUT2D eigenvalue weighted by atomic mass is 32.2. The molecule has 2 unspecified atom stereocenters. The van der Waals surface area contributed by atoms with E-state index in [9.17, 15) is 22.8 Å². The van der Waals surface area contributed by atoms with Gasteiger partial charge in [0.1, 0.15) is 18.3 Å². The van der Waals surface area contributed by atoms with Gasteiger partial charge in [0.15, 0.2) is 0 Å². The summed E-state index contributed by atoms with van der Waals surface area (Å²) in [4.78, 5) is 31.4. The van der Waals surface area contributed by atoms with Crippen molar-refractivity contribution in [3.63, 3.8) is 0 Å². The summed E-state index contributed by atoms with van der Waals surface area (Å²) >= 11 is 1.51. The van der Waals surface area contributed by atoms with Crippen LogP contribution in [0.1, 0.15) is 70.4 Å². The number of ether oxygens (including phenoxy) is 1. The van der Waals surface area contributed by atoms with Crippen LogP contribution in [0.3, 0.4) is 0 Å². The first-order chi connectivity index (χ1) is 18.4. The molecule has 1 N–H and O–H groups in total. The molecule has 212 valence electrons. The first-order valence-electron chi connectivity index (χ1n) is 13.4. The second-order valence-electron chi connectivity index (χ2n) is 11.0. The van der Waals surface area contributed by atoms with Crippen molar-refractivity contribution in [3.05, 3.63) is 53.6 Å². The predicted octanol–water partition coefficient (Wildman–Crippen LogP) is 6.93. The van der Waals surface area contributed by atoms with Crippen molar-refractivity contribution in [2.24, 2.45) is 0 Å². The van der Waals surface area contributed by atoms with Gasteiger partial charge in [0, 0.05) is 34.1 Å². The van der Waals surface area contributed by atoms with Gasteiger partial charge in [-0.3, -0.25) is 4.79 Å². The van der Waals surface area contributed by atoms with Crippen molar-refractivity contribution in [1.29, 1.82) is 0 Å². The molecule has 0 bridgehead atoms. The first kappa shape index (κ1) is 29.1. The Morgan fingerprint density at radius 3 is 2.51 bits per heavy atom. The topological polar surface area (TPSA) is 61.9 Å². The smallest absolute Gasteiger partial charge is 0.409 e. The van der Waals surface area contributed by atoms with Gasteiger partial charge in [0.05, 0.1) is 5.92 Å². The molecule has 10 heteroatoms. The summed E-state index contributed by atoms with van der Waals surface area (Å²) in [7, 11) is 0. The molecule has 2 heterocycles. The Kier molecular flexibility index (Phi) is 8.73. The SMILES string of the molecule is CCCCN(CC(F)(F)F)C(=O)C1c2ccccc2Sc2cccc(N3CCCC3NC(=O)OC(C)(C)C)c21. The summed E-state index contributed by atoms with van der Waals surface area (Å²) in [5, 5.41) is 2.95. The van der Waals surface area contributed by atoms with E-state index in [1.54, 1.807) is 20.8 Å². The van der Waals surface area contributed by atoms with Gasteiger partial charge in [0.2, 0.25) is 5.91 Å². The second-order valence-corrected chi connectivity index (χ2v) is 12.1. The summed E-state index contributed by atoms with van der Waals surface area (Å²) in [5.41, 5.74) is 1.48. The number of carbonyl (C=O) groups is 2. The highest BCUT2D eigenvalue weighted by Crippen LogP contribution is 2.50. The number of amides is 2. The molecule has 4 rings (SSSR count). The van der Waals surface area contributed by atoms with Crippen LogP contribution in [0.2, 0.25) is 0 Å². The van der Waals surface area contributed by atoms with Crippen LogP contribution in [-0.2, 0) is 9.53 Å². The molecule has 2 atom stereocenters. The minimum Gasteiger partial charge on any atom is -0.444 e. The maximum atomic E-state index is 14.1. The molecule has 1 saturated heterocycles. The van der Waals surface area contributed by atoms with Crippen LogP contribution < -0.4 is 10.2 Å². The maximum Gasteiger partial charge on any atom is 0.409 e. The van der Waals surface area contributed by atoms with Crippen LogP contribution in [0.5, 0.6) is 0 Å². The van der Waals surface area contributed by atoms with Crippen LogP contribution in [0, 0.1) is 0 Å². The Bertz CT molecular complexity index is 1200. The number of unbranched alkanes of at least 4 members (excludes halogenated alkanes) is 1. The lowest BCUT2D eigenvalue weighted by Crippen LogP contribution is -2.47. The normalized spacial score (nSPS) is 18.8. The third kappa shape index (κ3) is 7.01. The summed E-state index contributed by atoms with van der Waals surface area (Å²) in [6.45, 7) is 6.65. The molecule has 0 saturated carbocycles. The van der Waals surface area contributed by atoms with Crippen molar-refractivity contribution < 1.29 is 27.5 Å². The minimum atomic E-state index is -4.51. The molecular weight excluding hydrogens is 527 g/mol. The van der Waals surface area contributed by atoms with Gasteiger partial charge in [-0.1, -0.05) is 49.4 Å². The Morgan fingerprint density at radius 1 is 1.10 bits per heavy atom. The number of anilines is 1. The highest BCUT2D eigenvalue weighted by Gasteiger charge is 2.41. The zero-order chi connectivity index (χ0) is 28.4. The number of hydrogen-bond acceptors (Lipinski definition) is 5. The fourth-order valence-corrected chi connectivity index (χ4v) is 6.33. The molecule has 39 heavy (non-hydrogen) atoms. The Hall–Kier alpha value is -2.88. The summed E-state index contributed by atoms with van der Waals surface area (Å²) in [6, 6.07) is 13.1. The lowest BCUT2D eigenvalue weighted by molar-refractivity contribution is -0.161. The zero-order valence-corrected chi connectivity index (χ0v) is 23.6. The molecule has 2 aliphatic heterocycles. The third-order valence-corrected chi connectivity index (χ3v) is 7.91. The number of carbonyl (C=O) groups excluding carboxylic acids is 2. The van der Waals surface area contributed by atoms with Gasteiger partial charge in [-0.05, 0) is 63.8 Å². The van der Waals surface area contributed by atoms with Gasteiger partial charge in [-0.25, -0.2) is 4.79 Å². The van der Waals surface area contributed by atoms with Crippen LogP contribution >= 0.6 is 11.8 Å². The molecule has 2 amide bonds. The average Bonchev–Trinajstić information content (AvgIpc) is 3.30. The van der Waals surface area contributed by atoms with Gasteiger partial charge in [0.25, 0.3) is 0 Å². The van der Waals surface area contributed by atoms with E-state index in [-0.39, 0.29) is 12.7 Å². The molecule has 0 aliphatic carbocycles.